The number of rotatable bonds is 5. The van der Waals surface area contributed by atoms with Gasteiger partial charge >= 0.3 is 12.0 Å². The van der Waals surface area contributed by atoms with Crippen LogP contribution in [-0.2, 0) is 24.7 Å². The van der Waals surface area contributed by atoms with Gasteiger partial charge in [-0.3, -0.25) is 19.8 Å². The second-order valence-electron chi connectivity index (χ2n) is 6.69. The Morgan fingerprint density at radius 2 is 2.00 bits per heavy atom. The van der Waals surface area contributed by atoms with E-state index >= 15 is 0 Å². The highest BCUT2D eigenvalue weighted by Crippen LogP contribution is 2.27. The molecule has 2 atom stereocenters. The Morgan fingerprint density at radius 1 is 1.26 bits per heavy atom. The van der Waals surface area contributed by atoms with Crippen LogP contribution in [0.2, 0.25) is 0 Å². The van der Waals surface area contributed by atoms with E-state index in [1.807, 2.05) is 12.2 Å². The fraction of sp³-hybridized carbons (Fsp3) is 0.368. The van der Waals surface area contributed by atoms with Gasteiger partial charge in [0.15, 0.2) is 6.61 Å². The first kappa shape index (κ1) is 18.6. The second-order valence-corrected chi connectivity index (χ2v) is 6.69. The van der Waals surface area contributed by atoms with Gasteiger partial charge in [0, 0.05) is 0 Å². The summed E-state index contributed by atoms with van der Waals surface area (Å²) >= 11 is 0. The van der Waals surface area contributed by atoms with Crippen LogP contribution in [0.25, 0.3) is 0 Å². The average Bonchev–Trinajstić information content (AvgIpc) is 2.91. The Hall–Kier alpha value is -3.16. The third kappa shape index (κ3) is 3.84. The summed E-state index contributed by atoms with van der Waals surface area (Å²) in [4.78, 5) is 48.8. The molecule has 0 spiro atoms. The van der Waals surface area contributed by atoms with Crippen LogP contribution in [0.15, 0.2) is 42.5 Å². The molecule has 1 fully saturated rings. The van der Waals surface area contributed by atoms with Gasteiger partial charge in [0.25, 0.3) is 11.8 Å². The lowest BCUT2D eigenvalue weighted by molar-refractivity contribution is -0.154. The van der Waals surface area contributed by atoms with Gasteiger partial charge in [-0.25, -0.2) is 4.79 Å². The van der Waals surface area contributed by atoms with Crippen LogP contribution < -0.4 is 10.7 Å². The molecule has 2 aliphatic rings. The third-order valence-electron chi connectivity index (χ3n) is 4.73. The van der Waals surface area contributed by atoms with Crippen molar-refractivity contribution in [2.45, 2.75) is 31.7 Å². The maximum Gasteiger partial charge on any atom is 0.344 e. The van der Waals surface area contributed by atoms with Gasteiger partial charge in [0.1, 0.15) is 5.54 Å². The number of carbonyl (C=O) groups excluding carboxylic acids is 4. The van der Waals surface area contributed by atoms with Gasteiger partial charge in [-0.05, 0) is 31.7 Å². The molecule has 0 saturated carbocycles. The van der Waals surface area contributed by atoms with Gasteiger partial charge in [0.2, 0.25) is 0 Å². The number of carbonyl (C=O) groups is 4. The Labute approximate surface area is 156 Å². The zero-order valence-electron chi connectivity index (χ0n) is 14.9. The zero-order chi connectivity index (χ0) is 19.4. The number of nitrogens with one attached hydrogen (secondary N) is 2. The van der Waals surface area contributed by atoms with Gasteiger partial charge < -0.3 is 10.1 Å². The summed E-state index contributed by atoms with van der Waals surface area (Å²) in [5, 5.41) is 3.19. The van der Waals surface area contributed by atoms with Crippen molar-refractivity contribution in [2.75, 3.05) is 6.61 Å². The smallest absolute Gasteiger partial charge is 0.344 e. The van der Waals surface area contributed by atoms with Crippen LogP contribution in [0.5, 0.6) is 0 Å². The monoisotopic (exact) mass is 371 g/mol. The minimum absolute atomic E-state index is 0.263. The molecule has 27 heavy (non-hydrogen) atoms. The molecule has 4 amide bonds. The van der Waals surface area contributed by atoms with Gasteiger partial charge in [-0.2, -0.15) is 5.01 Å². The number of allylic oxidation sites excluding steroid dienone is 2. The minimum Gasteiger partial charge on any atom is -0.455 e. The number of urea groups is 1. The molecule has 1 aliphatic carbocycles. The molecular weight excluding hydrogens is 350 g/mol. The highest BCUT2D eigenvalue weighted by Gasteiger charge is 2.50. The van der Waals surface area contributed by atoms with Crippen LogP contribution in [-0.4, -0.2) is 35.4 Å². The lowest BCUT2D eigenvalue weighted by atomic mass is 9.92. The Kier molecular flexibility index (Phi) is 5.25. The van der Waals surface area contributed by atoms with Crippen LogP contribution in [0.4, 0.5) is 4.79 Å². The molecule has 1 aliphatic heterocycles. The number of imide groups is 1. The summed E-state index contributed by atoms with van der Waals surface area (Å²) < 4.78 is 5.01. The fourth-order valence-electron chi connectivity index (χ4n) is 3.13. The number of amides is 4. The summed E-state index contributed by atoms with van der Waals surface area (Å²) in [6, 6.07) is 7.98. The molecule has 8 nitrogen and oxygen atoms in total. The maximum atomic E-state index is 12.7. The Morgan fingerprint density at radius 3 is 2.67 bits per heavy atom. The van der Waals surface area contributed by atoms with E-state index in [0.29, 0.717) is 23.4 Å². The number of benzene rings is 1. The number of hydrogen-bond donors (Lipinski definition) is 2. The highest BCUT2D eigenvalue weighted by molar-refractivity contribution is 6.08. The first-order valence-electron chi connectivity index (χ1n) is 8.75. The lowest BCUT2D eigenvalue weighted by Gasteiger charge is -2.22. The predicted molar refractivity (Wildman–Crippen MR) is 94.8 cm³/mol. The van der Waals surface area contributed by atoms with E-state index in [4.69, 9.17) is 4.74 Å². The van der Waals surface area contributed by atoms with E-state index in [1.54, 1.807) is 37.3 Å². The van der Waals surface area contributed by atoms with E-state index < -0.39 is 36.0 Å². The quantitative estimate of drug-likeness (QED) is 0.462. The Bertz CT molecular complexity index is 792. The SMILES string of the molecule is C[C@]1(c2ccccc2)NC(=O)N(NC(=O)COC(=O)[C@H]2CC=CCC2)C1=O. The minimum atomic E-state index is -1.28. The molecule has 1 aromatic rings. The zero-order valence-corrected chi connectivity index (χ0v) is 14.9. The normalized spacial score (nSPS) is 24.5. The maximum absolute atomic E-state index is 12.7. The molecule has 3 rings (SSSR count). The van der Waals surface area contributed by atoms with Crippen LogP contribution in [0, 0.1) is 5.92 Å². The average molecular weight is 371 g/mol. The van der Waals surface area contributed by atoms with Crippen molar-refractivity contribution in [2.24, 2.45) is 5.92 Å². The van der Waals surface area contributed by atoms with Crippen molar-refractivity contribution in [3.63, 3.8) is 0 Å². The first-order chi connectivity index (χ1) is 12.9. The van der Waals surface area contributed by atoms with E-state index in [9.17, 15) is 19.2 Å². The summed E-state index contributed by atoms with van der Waals surface area (Å²) in [6.45, 7) is 1.00. The highest BCUT2D eigenvalue weighted by atomic mass is 16.5. The van der Waals surface area contributed by atoms with Gasteiger partial charge in [0.05, 0.1) is 5.92 Å². The van der Waals surface area contributed by atoms with Crippen molar-refractivity contribution in [1.82, 2.24) is 15.8 Å². The number of ether oxygens (including phenoxy) is 1. The van der Waals surface area contributed by atoms with E-state index in [-0.39, 0.29) is 5.92 Å². The van der Waals surface area contributed by atoms with Crippen molar-refractivity contribution < 1.29 is 23.9 Å². The van der Waals surface area contributed by atoms with E-state index in [1.165, 1.54) is 0 Å². The molecule has 1 heterocycles. The largest absolute Gasteiger partial charge is 0.455 e. The molecule has 8 heteroatoms. The molecule has 0 unspecified atom stereocenters. The molecule has 142 valence electrons. The topological polar surface area (TPSA) is 105 Å². The van der Waals surface area contributed by atoms with E-state index in [2.05, 4.69) is 10.7 Å². The van der Waals surface area contributed by atoms with Gasteiger partial charge in [-0.15, -0.1) is 0 Å². The summed E-state index contributed by atoms with van der Waals surface area (Å²) in [5.41, 5.74) is 1.52. The van der Waals surface area contributed by atoms with Crippen LogP contribution in [0.1, 0.15) is 31.7 Å². The molecule has 0 aromatic heterocycles. The third-order valence-corrected chi connectivity index (χ3v) is 4.73. The summed E-state index contributed by atoms with van der Waals surface area (Å²) in [7, 11) is 0. The molecule has 1 saturated heterocycles. The lowest BCUT2D eigenvalue weighted by Crippen LogP contribution is -2.49. The number of nitrogens with zero attached hydrogens (tertiary/aromatic N) is 1. The summed E-state index contributed by atoms with van der Waals surface area (Å²) in [5.74, 6) is -2.09. The van der Waals surface area contributed by atoms with Crippen LogP contribution >= 0.6 is 0 Å². The molecule has 0 radical (unpaired) electrons. The number of hydrogen-bond acceptors (Lipinski definition) is 5. The number of esters is 1. The molecular formula is C19H21N3O5. The van der Waals surface area contributed by atoms with Crippen molar-refractivity contribution in [3.8, 4) is 0 Å². The summed E-state index contributed by atoms with van der Waals surface area (Å²) in [6.07, 6.45) is 5.97. The first-order valence-corrected chi connectivity index (χ1v) is 8.75. The molecule has 0 bridgehead atoms. The number of hydrazine groups is 1. The fourth-order valence-corrected chi connectivity index (χ4v) is 3.13. The predicted octanol–water partition coefficient (Wildman–Crippen LogP) is 1.38. The van der Waals surface area contributed by atoms with Gasteiger partial charge in [-0.1, -0.05) is 42.5 Å². The van der Waals surface area contributed by atoms with E-state index in [0.717, 1.165) is 6.42 Å². The Balaban J connectivity index is 1.58. The van der Waals surface area contributed by atoms with Crippen molar-refractivity contribution in [3.05, 3.63) is 48.0 Å². The van der Waals surface area contributed by atoms with Crippen LogP contribution in [0.3, 0.4) is 0 Å². The van der Waals surface area contributed by atoms with Crippen molar-refractivity contribution in [1.29, 1.82) is 0 Å². The molecule has 1 aromatic carbocycles. The second kappa shape index (κ2) is 7.61. The van der Waals surface area contributed by atoms with Crippen molar-refractivity contribution >= 4 is 23.8 Å². The standard InChI is InChI=1S/C19H21N3O5/c1-19(14-10-6-3-7-11-14)17(25)22(18(26)20-19)21-15(23)12-27-16(24)13-8-4-2-5-9-13/h2-4,6-7,10-11,13H,5,8-9,12H2,1H3,(H,20,26)(H,21,23)/t13-,19+/m0/s1. The molecule has 2 N–H and O–H groups in total.